The number of anilines is 3. The quantitative estimate of drug-likeness (QED) is 0.161. The van der Waals surface area contributed by atoms with Crippen LogP contribution < -0.4 is 4.90 Å². The summed E-state index contributed by atoms with van der Waals surface area (Å²) in [6, 6.07) is 75.3. The molecule has 2 nitrogen and oxygen atoms in total. The van der Waals surface area contributed by atoms with Gasteiger partial charge in [-0.05, 0) is 81.4 Å². The molecule has 0 saturated carbocycles. The number of rotatable bonds is 8. The predicted octanol–water partition coefficient (Wildman–Crippen LogP) is 14.2. The number of fused-ring (bicyclic) bond motifs is 1. The Morgan fingerprint density at radius 3 is 1.40 bits per heavy atom. The van der Waals surface area contributed by atoms with Crippen LogP contribution in [-0.2, 0) is 0 Å². The van der Waals surface area contributed by atoms with Gasteiger partial charge in [0.1, 0.15) is 11.3 Å². The van der Waals surface area contributed by atoms with Gasteiger partial charge in [0.2, 0.25) is 0 Å². The Hall–Kier alpha value is -6.90. The first-order valence-electron chi connectivity index (χ1n) is 17.7. The summed E-state index contributed by atoms with van der Waals surface area (Å²) >= 11 is 0. The van der Waals surface area contributed by atoms with Gasteiger partial charge in [-0.3, -0.25) is 0 Å². The molecule has 2 heteroatoms. The van der Waals surface area contributed by atoms with E-state index in [2.05, 4.69) is 199 Å². The molecule has 1 aromatic heterocycles. The Balaban J connectivity index is 1.12. The summed E-state index contributed by atoms with van der Waals surface area (Å²) in [5, 5.41) is 1.09. The van der Waals surface area contributed by atoms with Gasteiger partial charge < -0.3 is 9.32 Å². The maximum absolute atomic E-state index is 6.32. The van der Waals surface area contributed by atoms with Crippen molar-refractivity contribution in [3.63, 3.8) is 0 Å². The minimum absolute atomic E-state index is 0.849. The largest absolute Gasteiger partial charge is 0.456 e. The van der Waals surface area contributed by atoms with Crippen molar-refractivity contribution in [3.05, 3.63) is 212 Å². The Kier molecular flexibility index (Phi) is 8.24. The maximum Gasteiger partial charge on any atom is 0.135 e. The fourth-order valence-corrected chi connectivity index (χ4v) is 7.02. The lowest BCUT2D eigenvalue weighted by atomic mass is 9.97. The molecule has 1 heterocycles. The van der Waals surface area contributed by atoms with E-state index in [9.17, 15) is 0 Å². The molecule has 9 rings (SSSR count). The third-order valence-corrected chi connectivity index (χ3v) is 9.71. The SMILES string of the molecule is c1ccc(-c2ccc(-c3ccc(N(c4cccc(-c5cc6ccccc6o5)c4)c4ccccc4-c4ccc(-c5ccccc5)cc4)cc3)cc2)cc1. The molecule has 0 radical (unpaired) electrons. The van der Waals surface area contributed by atoms with E-state index in [1.807, 2.05) is 18.2 Å². The second-order valence-corrected chi connectivity index (χ2v) is 13.0. The van der Waals surface area contributed by atoms with Gasteiger partial charge in [0.05, 0.1) is 5.69 Å². The fraction of sp³-hybridized carbons (Fsp3) is 0. The molecule has 0 fully saturated rings. The van der Waals surface area contributed by atoms with Crippen LogP contribution >= 0.6 is 0 Å². The summed E-state index contributed by atoms with van der Waals surface area (Å²) in [7, 11) is 0. The van der Waals surface area contributed by atoms with E-state index in [4.69, 9.17) is 4.42 Å². The zero-order valence-electron chi connectivity index (χ0n) is 28.6. The average Bonchev–Trinajstić information content (AvgIpc) is 3.67. The van der Waals surface area contributed by atoms with Crippen molar-refractivity contribution in [3.8, 4) is 55.8 Å². The summed E-state index contributed by atoms with van der Waals surface area (Å²) in [6.45, 7) is 0. The van der Waals surface area contributed by atoms with Crippen molar-refractivity contribution in [1.29, 1.82) is 0 Å². The third kappa shape index (κ3) is 6.19. The van der Waals surface area contributed by atoms with Crippen LogP contribution in [0.5, 0.6) is 0 Å². The smallest absolute Gasteiger partial charge is 0.135 e. The minimum atomic E-state index is 0.849. The standard InChI is InChI=1S/C50H35NO/c1-3-12-36(13-4-1)38-22-24-40(25-23-38)41-30-32-45(33-31-41)51(46-18-11-17-43(34-46)50-35-44-16-7-10-21-49(44)52-50)48-20-9-8-19-47(48)42-28-26-39(27-29-42)37-14-5-2-6-15-37/h1-35H. The van der Waals surface area contributed by atoms with Crippen LogP contribution in [0.3, 0.4) is 0 Å². The molecule has 52 heavy (non-hydrogen) atoms. The molecule has 0 aliphatic rings. The molecule has 0 unspecified atom stereocenters. The summed E-state index contributed by atoms with van der Waals surface area (Å²) < 4.78 is 6.32. The first-order valence-corrected chi connectivity index (χ1v) is 17.7. The van der Waals surface area contributed by atoms with E-state index in [1.165, 1.54) is 33.4 Å². The van der Waals surface area contributed by atoms with Crippen LogP contribution in [0.25, 0.3) is 66.8 Å². The number of hydrogen-bond donors (Lipinski definition) is 0. The van der Waals surface area contributed by atoms with Crippen molar-refractivity contribution >= 4 is 28.0 Å². The highest BCUT2D eigenvalue weighted by Crippen LogP contribution is 2.43. The van der Waals surface area contributed by atoms with Crippen LogP contribution in [0.2, 0.25) is 0 Å². The average molecular weight is 666 g/mol. The van der Waals surface area contributed by atoms with E-state index >= 15 is 0 Å². The molecule has 0 aliphatic heterocycles. The van der Waals surface area contributed by atoms with Crippen molar-refractivity contribution in [2.45, 2.75) is 0 Å². The van der Waals surface area contributed by atoms with Crippen molar-refractivity contribution in [1.82, 2.24) is 0 Å². The van der Waals surface area contributed by atoms with Gasteiger partial charge in [-0.2, -0.15) is 0 Å². The summed E-state index contributed by atoms with van der Waals surface area (Å²) in [5.41, 5.74) is 14.6. The molecule has 0 spiro atoms. The Bertz CT molecular complexity index is 2550. The Morgan fingerprint density at radius 1 is 0.308 bits per heavy atom. The van der Waals surface area contributed by atoms with E-state index in [-0.39, 0.29) is 0 Å². The van der Waals surface area contributed by atoms with Gasteiger partial charge >= 0.3 is 0 Å². The fourth-order valence-electron chi connectivity index (χ4n) is 7.02. The van der Waals surface area contributed by atoms with E-state index in [1.54, 1.807) is 0 Å². The van der Waals surface area contributed by atoms with Gasteiger partial charge in [-0.25, -0.2) is 0 Å². The topological polar surface area (TPSA) is 16.4 Å². The van der Waals surface area contributed by atoms with Crippen LogP contribution in [0.15, 0.2) is 217 Å². The normalized spacial score (nSPS) is 11.1. The first-order chi connectivity index (χ1) is 25.8. The lowest BCUT2D eigenvalue weighted by molar-refractivity contribution is 0.631. The highest BCUT2D eigenvalue weighted by molar-refractivity contribution is 5.90. The van der Waals surface area contributed by atoms with Gasteiger partial charge in [0.15, 0.2) is 0 Å². The number of para-hydroxylation sites is 2. The van der Waals surface area contributed by atoms with Crippen LogP contribution in [0.4, 0.5) is 17.1 Å². The molecule has 9 aromatic rings. The van der Waals surface area contributed by atoms with E-state index < -0.39 is 0 Å². The van der Waals surface area contributed by atoms with Crippen molar-refractivity contribution < 1.29 is 4.42 Å². The molecule has 0 saturated heterocycles. The molecule has 8 aromatic carbocycles. The van der Waals surface area contributed by atoms with Gasteiger partial charge in [-0.15, -0.1) is 0 Å². The minimum Gasteiger partial charge on any atom is -0.456 e. The number of nitrogens with zero attached hydrogens (tertiary/aromatic N) is 1. The molecular weight excluding hydrogens is 631 g/mol. The number of hydrogen-bond acceptors (Lipinski definition) is 2. The number of benzene rings is 8. The number of furan rings is 1. The third-order valence-electron chi connectivity index (χ3n) is 9.71. The molecule has 0 aliphatic carbocycles. The first kappa shape index (κ1) is 31.1. The van der Waals surface area contributed by atoms with Crippen molar-refractivity contribution in [2.75, 3.05) is 4.90 Å². The van der Waals surface area contributed by atoms with E-state index in [0.29, 0.717) is 0 Å². The second kappa shape index (κ2) is 13.8. The zero-order chi connectivity index (χ0) is 34.7. The van der Waals surface area contributed by atoms with Gasteiger partial charge in [0, 0.05) is 27.9 Å². The summed E-state index contributed by atoms with van der Waals surface area (Å²) in [6.07, 6.45) is 0. The molecule has 246 valence electrons. The van der Waals surface area contributed by atoms with Crippen LogP contribution in [-0.4, -0.2) is 0 Å². The zero-order valence-corrected chi connectivity index (χ0v) is 28.6. The Morgan fingerprint density at radius 2 is 0.788 bits per heavy atom. The highest BCUT2D eigenvalue weighted by atomic mass is 16.3. The molecule has 0 N–H and O–H groups in total. The van der Waals surface area contributed by atoms with Crippen molar-refractivity contribution in [2.24, 2.45) is 0 Å². The molecule has 0 atom stereocenters. The lowest BCUT2D eigenvalue weighted by Crippen LogP contribution is -2.11. The second-order valence-electron chi connectivity index (χ2n) is 13.0. The van der Waals surface area contributed by atoms with Gasteiger partial charge in [-0.1, -0.05) is 170 Å². The van der Waals surface area contributed by atoms with E-state index in [0.717, 1.165) is 50.5 Å². The predicted molar refractivity (Wildman–Crippen MR) is 218 cm³/mol. The summed E-state index contributed by atoms with van der Waals surface area (Å²) in [4.78, 5) is 2.36. The Labute approximate surface area is 304 Å². The monoisotopic (exact) mass is 665 g/mol. The highest BCUT2D eigenvalue weighted by Gasteiger charge is 2.19. The molecule has 0 bridgehead atoms. The summed E-state index contributed by atoms with van der Waals surface area (Å²) in [5.74, 6) is 0.849. The van der Waals surface area contributed by atoms with Crippen LogP contribution in [0.1, 0.15) is 0 Å². The van der Waals surface area contributed by atoms with Crippen LogP contribution in [0, 0.1) is 0 Å². The maximum atomic E-state index is 6.32. The molecule has 0 amide bonds. The lowest BCUT2D eigenvalue weighted by Gasteiger charge is -2.28. The molecular formula is C50H35NO. The van der Waals surface area contributed by atoms with Gasteiger partial charge in [0.25, 0.3) is 0 Å².